The molecule has 0 bridgehead atoms. The Labute approximate surface area is 170 Å². The Morgan fingerprint density at radius 1 is 1.14 bits per heavy atom. The number of aromatic nitrogens is 2. The highest BCUT2D eigenvalue weighted by Gasteiger charge is 2.24. The van der Waals surface area contributed by atoms with Gasteiger partial charge >= 0.3 is 6.01 Å². The minimum absolute atomic E-state index is 0.0617. The van der Waals surface area contributed by atoms with Crippen LogP contribution in [0.4, 0.5) is 0 Å². The molecule has 8 nitrogen and oxygen atoms in total. The first kappa shape index (κ1) is 20.4. The molecule has 1 amide bonds. The molecule has 0 N–H and O–H groups in total. The van der Waals surface area contributed by atoms with E-state index in [1.807, 2.05) is 18.2 Å². The number of nitrogens with zero attached hydrogens (tertiary/aromatic N) is 3. The highest BCUT2D eigenvalue weighted by atomic mass is 16.5. The van der Waals surface area contributed by atoms with E-state index >= 15 is 0 Å². The molecule has 1 unspecified atom stereocenters. The summed E-state index contributed by atoms with van der Waals surface area (Å²) in [7, 11) is 4.67. The van der Waals surface area contributed by atoms with Crippen molar-refractivity contribution in [3.05, 3.63) is 42.1 Å². The molecular weight excluding hydrogens is 374 g/mol. The van der Waals surface area contributed by atoms with Crippen LogP contribution in [0.5, 0.6) is 23.4 Å². The van der Waals surface area contributed by atoms with Gasteiger partial charge in [0, 0.05) is 24.9 Å². The number of carbonyl (C=O) groups excluding carboxylic acids is 1. The van der Waals surface area contributed by atoms with Crippen LogP contribution < -0.4 is 18.9 Å². The van der Waals surface area contributed by atoms with Crippen molar-refractivity contribution in [3.8, 4) is 23.4 Å². The van der Waals surface area contributed by atoms with Gasteiger partial charge in [0.25, 0.3) is 0 Å². The standard InChI is InChI=1S/C21H25N3O5/c1-26-17-8-6-15(13-18(17)27-2)7-9-20(25)24-12-4-5-16(14-24)29-19-10-11-22-21(23-19)28-3/h6-11,13,16H,4-5,12,14H2,1-3H3/b9-7+. The summed E-state index contributed by atoms with van der Waals surface area (Å²) in [6.45, 7) is 1.20. The second-order valence-electron chi connectivity index (χ2n) is 6.50. The van der Waals surface area contributed by atoms with Gasteiger partial charge in [-0.05, 0) is 36.6 Å². The summed E-state index contributed by atoms with van der Waals surface area (Å²) in [6, 6.07) is 7.44. The average Bonchev–Trinajstić information content (AvgIpc) is 2.77. The number of hydrogen-bond acceptors (Lipinski definition) is 7. The Morgan fingerprint density at radius 2 is 1.97 bits per heavy atom. The lowest BCUT2D eigenvalue weighted by Gasteiger charge is -2.32. The fourth-order valence-electron chi connectivity index (χ4n) is 3.12. The van der Waals surface area contributed by atoms with Gasteiger partial charge in [-0.25, -0.2) is 4.98 Å². The zero-order chi connectivity index (χ0) is 20.6. The van der Waals surface area contributed by atoms with E-state index in [4.69, 9.17) is 18.9 Å². The predicted octanol–water partition coefficient (Wildman–Crippen LogP) is 2.59. The lowest BCUT2D eigenvalue weighted by molar-refractivity contribution is -0.128. The molecule has 1 aliphatic rings. The topological polar surface area (TPSA) is 83.0 Å². The number of amides is 1. The van der Waals surface area contributed by atoms with Crippen LogP contribution in [0.25, 0.3) is 6.08 Å². The van der Waals surface area contributed by atoms with Gasteiger partial charge in [-0.1, -0.05) is 6.07 Å². The van der Waals surface area contributed by atoms with Crippen molar-refractivity contribution in [1.29, 1.82) is 0 Å². The minimum Gasteiger partial charge on any atom is -0.493 e. The summed E-state index contributed by atoms with van der Waals surface area (Å²) in [5.74, 6) is 1.65. The fourth-order valence-corrected chi connectivity index (χ4v) is 3.12. The molecule has 1 aromatic heterocycles. The van der Waals surface area contributed by atoms with Crippen molar-refractivity contribution < 1.29 is 23.7 Å². The van der Waals surface area contributed by atoms with E-state index in [0.29, 0.717) is 30.5 Å². The first-order chi connectivity index (χ1) is 14.1. The van der Waals surface area contributed by atoms with Crippen molar-refractivity contribution in [2.75, 3.05) is 34.4 Å². The molecule has 0 aliphatic carbocycles. The summed E-state index contributed by atoms with van der Waals surface area (Å²) in [6.07, 6.45) is 6.51. The molecule has 1 aliphatic heterocycles. The largest absolute Gasteiger partial charge is 0.493 e. The molecule has 2 heterocycles. The SMILES string of the molecule is COc1nccc(OC2CCCN(C(=O)/C=C/c3ccc(OC)c(OC)c3)C2)n1. The molecule has 0 saturated carbocycles. The number of ether oxygens (including phenoxy) is 4. The molecule has 2 aromatic rings. The van der Waals surface area contributed by atoms with Gasteiger partial charge in [-0.2, -0.15) is 4.98 Å². The maximum Gasteiger partial charge on any atom is 0.319 e. The van der Waals surface area contributed by atoms with Gasteiger partial charge in [0.1, 0.15) is 6.10 Å². The van der Waals surface area contributed by atoms with E-state index in [9.17, 15) is 4.79 Å². The van der Waals surface area contributed by atoms with Crippen molar-refractivity contribution in [3.63, 3.8) is 0 Å². The average molecular weight is 399 g/mol. The first-order valence-electron chi connectivity index (χ1n) is 9.35. The van der Waals surface area contributed by atoms with Gasteiger partial charge in [-0.15, -0.1) is 0 Å². The Hall–Kier alpha value is -3.29. The molecule has 1 atom stereocenters. The maximum absolute atomic E-state index is 12.6. The van der Waals surface area contributed by atoms with Crippen LogP contribution >= 0.6 is 0 Å². The number of methoxy groups -OCH3 is 3. The summed E-state index contributed by atoms with van der Waals surface area (Å²) in [5, 5.41) is 0. The number of rotatable bonds is 7. The molecule has 0 spiro atoms. The Kier molecular flexibility index (Phi) is 6.89. The number of piperidine rings is 1. The predicted molar refractivity (Wildman–Crippen MR) is 107 cm³/mol. The number of likely N-dealkylation sites (tertiary alicyclic amines) is 1. The van der Waals surface area contributed by atoms with E-state index in [0.717, 1.165) is 18.4 Å². The van der Waals surface area contributed by atoms with Crippen molar-refractivity contribution >= 4 is 12.0 Å². The van der Waals surface area contributed by atoms with Crippen molar-refractivity contribution in [1.82, 2.24) is 14.9 Å². The Morgan fingerprint density at radius 3 is 2.72 bits per heavy atom. The molecule has 1 fully saturated rings. The van der Waals surface area contributed by atoms with E-state index in [1.165, 1.54) is 7.11 Å². The van der Waals surface area contributed by atoms with Crippen LogP contribution in [0.3, 0.4) is 0 Å². The van der Waals surface area contributed by atoms with Gasteiger partial charge < -0.3 is 23.8 Å². The zero-order valence-electron chi connectivity index (χ0n) is 16.8. The minimum atomic E-state index is -0.123. The number of carbonyl (C=O) groups is 1. The van der Waals surface area contributed by atoms with Gasteiger partial charge in [0.2, 0.25) is 11.8 Å². The Bertz CT molecular complexity index is 871. The van der Waals surface area contributed by atoms with Crippen LogP contribution in [0.15, 0.2) is 36.5 Å². The van der Waals surface area contributed by atoms with E-state index in [-0.39, 0.29) is 18.0 Å². The highest BCUT2D eigenvalue weighted by Crippen LogP contribution is 2.28. The highest BCUT2D eigenvalue weighted by molar-refractivity contribution is 5.92. The zero-order valence-corrected chi connectivity index (χ0v) is 16.8. The van der Waals surface area contributed by atoms with E-state index in [2.05, 4.69) is 9.97 Å². The summed E-state index contributed by atoms with van der Waals surface area (Å²) >= 11 is 0. The Balaban J connectivity index is 1.61. The maximum atomic E-state index is 12.6. The number of hydrogen-bond donors (Lipinski definition) is 0. The quantitative estimate of drug-likeness (QED) is 0.662. The van der Waals surface area contributed by atoms with Crippen LogP contribution in [-0.2, 0) is 4.79 Å². The first-order valence-corrected chi connectivity index (χ1v) is 9.35. The second-order valence-corrected chi connectivity index (χ2v) is 6.50. The molecule has 0 radical (unpaired) electrons. The monoisotopic (exact) mass is 399 g/mol. The van der Waals surface area contributed by atoms with Gasteiger partial charge in [0.05, 0.1) is 27.9 Å². The third-order valence-electron chi connectivity index (χ3n) is 4.59. The van der Waals surface area contributed by atoms with Crippen molar-refractivity contribution in [2.24, 2.45) is 0 Å². The molecule has 154 valence electrons. The van der Waals surface area contributed by atoms with Gasteiger partial charge in [-0.3, -0.25) is 4.79 Å². The fraction of sp³-hybridized carbons (Fsp3) is 0.381. The van der Waals surface area contributed by atoms with Crippen molar-refractivity contribution in [2.45, 2.75) is 18.9 Å². The van der Waals surface area contributed by atoms with Gasteiger partial charge in [0.15, 0.2) is 11.5 Å². The number of benzene rings is 1. The molecule has 29 heavy (non-hydrogen) atoms. The smallest absolute Gasteiger partial charge is 0.319 e. The second kappa shape index (κ2) is 9.77. The molecule has 8 heteroatoms. The van der Waals surface area contributed by atoms with E-state index in [1.54, 1.807) is 43.5 Å². The third kappa shape index (κ3) is 5.37. The normalized spacial score (nSPS) is 16.5. The molecule has 1 saturated heterocycles. The summed E-state index contributed by atoms with van der Waals surface area (Å²) in [4.78, 5) is 22.5. The lowest BCUT2D eigenvalue weighted by atomic mass is 10.1. The summed E-state index contributed by atoms with van der Waals surface area (Å²) < 4.78 is 21.5. The van der Waals surface area contributed by atoms with Crippen LogP contribution in [0.1, 0.15) is 18.4 Å². The van der Waals surface area contributed by atoms with Crippen LogP contribution in [-0.4, -0.2) is 61.3 Å². The lowest BCUT2D eigenvalue weighted by Crippen LogP contribution is -2.43. The van der Waals surface area contributed by atoms with Crippen LogP contribution in [0, 0.1) is 0 Å². The summed E-state index contributed by atoms with van der Waals surface area (Å²) in [5.41, 5.74) is 0.855. The molecule has 1 aromatic carbocycles. The molecular formula is C21H25N3O5. The third-order valence-corrected chi connectivity index (χ3v) is 4.59. The van der Waals surface area contributed by atoms with Crippen LogP contribution in [0.2, 0.25) is 0 Å². The van der Waals surface area contributed by atoms with E-state index < -0.39 is 0 Å². The molecule has 3 rings (SSSR count).